The molecule has 1 aromatic carbocycles. The first-order chi connectivity index (χ1) is 15.9. The molecule has 0 spiro atoms. The second-order valence-electron chi connectivity index (χ2n) is 8.43. The van der Waals surface area contributed by atoms with Crippen molar-refractivity contribution < 1.29 is 40.4 Å². The van der Waals surface area contributed by atoms with E-state index in [-0.39, 0.29) is 56.8 Å². The Kier molecular flexibility index (Phi) is 6.31. The summed E-state index contributed by atoms with van der Waals surface area (Å²) in [6.07, 6.45) is -5.76. The highest BCUT2D eigenvalue weighted by Crippen LogP contribution is 2.33. The second kappa shape index (κ2) is 8.80. The number of rotatable bonds is 5. The number of halogens is 4. The summed E-state index contributed by atoms with van der Waals surface area (Å²) in [5, 5.41) is 2.19. The van der Waals surface area contributed by atoms with Crippen LogP contribution < -0.4 is 10.2 Å². The molecule has 1 atom stereocenters. The summed E-state index contributed by atoms with van der Waals surface area (Å²) in [4.78, 5) is 39.2. The van der Waals surface area contributed by atoms with Crippen molar-refractivity contribution in [2.45, 2.75) is 38.0 Å². The smallest absolute Gasteiger partial charge is 0.367 e. The number of hydrogen-bond donors (Lipinski definition) is 1. The Morgan fingerprint density at radius 1 is 1.06 bits per heavy atom. The maximum atomic E-state index is 14.9. The summed E-state index contributed by atoms with van der Waals surface area (Å²) in [6, 6.07) is 1.71. The standard InChI is InChI=1S/C20H22F4N4O5S/c21-14-10-13-12(11-28(19(13)31)15-1-2-17(29)25-18(15)30)9-16(14)26-4-6-27(7-5-26)34(32,33)8-3-20(22,23)24/h9-10,15H,1-8,11H2,(H,25,29,30). The summed E-state index contributed by atoms with van der Waals surface area (Å²) in [5.41, 5.74) is 0.745. The van der Waals surface area contributed by atoms with Gasteiger partial charge in [0.25, 0.3) is 5.91 Å². The third-order valence-electron chi connectivity index (χ3n) is 6.21. The van der Waals surface area contributed by atoms with Gasteiger partial charge < -0.3 is 9.80 Å². The Morgan fingerprint density at radius 2 is 1.74 bits per heavy atom. The van der Waals surface area contributed by atoms with Crippen LogP contribution in [-0.2, 0) is 26.2 Å². The van der Waals surface area contributed by atoms with Crippen LogP contribution in [0.15, 0.2) is 12.1 Å². The van der Waals surface area contributed by atoms with Crippen LogP contribution in [0.4, 0.5) is 23.2 Å². The number of amides is 3. The molecule has 2 saturated heterocycles. The summed E-state index contributed by atoms with van der Waals surface area (Å²) < 4.78 is 77.5. The number of benzene rings is 1. The Bertz CT molecular complexity index is 1130. The zero-order valence-electron chi connectivity index (χ0n) is 17.9. The van der Waals surface area contributed by atoms with Crippen LogP contribution in [-0.4, -0.2) is 79.5 Å². The fourth-order valence-corrected chi connectivity index (χ4v) is 5.87. The predicted octanol–water partition coefficient (Wildman–Crippen LogP) is 0.991. The number of piperidine rings is 1. The van der Waals surface area contributed by atoms with Gasteiger partial charge in [-0.05, 0) is 24.1 Å². The van der Waals surface area contributed by atoms with Gasteiger partial charge in [0.05, 0.1) is 17.9 Å². The number of carbonyl (C=O) groups excluding carboxylic acids is 3. The summed E-state index contributed by atoms with van der Waals surface area (Å²) >= 11 is 0. The first-order valence-corrected chi connectivity index (χ1v) is 12.2. The molecule has 186 valence electrons. The van der Waals surface area contributed by atoms with Crippen LogP contribution in [0.1, 0.15) is 35.2 Å². The summed E-state index contributed by atoms with van der Waals surface area (Å²) in [5.74, 6) is -3.26. The molecule has 3 aliphatic rings. The largest absolute Gasteiger partial charge is 0.390 e. The summed E-state index contributed by atoms with van der Waals surface area (Å²) in [7, 11) is -4.10. The third-order valence-corrected chi connectivity index (χ3v) is 8.08. The van der Waals surface area contributed by atoms with Crippen LogP contribution in [0.2, 0.25) is 0 Å². The van der Waals surface area contributed by atoms with Crippen molar-refractivity contribution >= 4 is 33.4 Å². The van der Waals surface area contributed by atoms with Crippen LogP contribution >= 0.6 is 0 Å². The fourth-order valence-electron chi connectivity index (χ4n) is 4.40. The van der Waals surface area contributed by atoms with Gasteiger partial charge >= 0.3 is 6.18 Å². The van der Waals surface area contributed by atoms with Crippen molar-refractivity contribution in [3.8, 4) is 0 Å². The number of hydrogen-bond acceptors (Lipinski definition) is 6. The molecule has 3 heterocycles. The van der Waals surface area contributed by atoms with Crippen molar-refractivity contribution in [2.75, 3.05) is 36.8 Å². The van der Waals surface area contributed by atoms with Gasteiger partial charge in [-0.3, -0.25) is 19.7 Å². The molecule has 3 amide bonds. The quantitative estimate of drug-likeness (QED) is 0.472. The highest BCUT2D eigenvalue weighted by Gasteiger charge is 2.40. The van der Waals surface area contributed by atoms with Gasteiger partial charge in [-0.15, -0.1) is 0 Å². The molecular formula is C20H22F4N4O5S. The summed E-state index contributed by atoms with van der Waals surface area (Å²) in [6.45, 7) is -0.0207. The van der Waals surface area contributed by atoms with E-state index in [1.807, 2.05) is 0 Å². The number of piperazine rings is 1. The van der Waals surface area contributed by atoms with Gasteiger partial charge in [-0.2, -0.15) is 17.5 Å². The zero-order chi connectivity index (χ0) is 24.8. The van der Waals surface area contributed by atoms with Crippen molar-refractivity contribution in [1.82, 2.24) is 14.5 Å². The molecule has 9 nitrogen and oxygen atoms in total. The molecule has 1 aromatic rings. The minimum atomic E-state index is -4.58. The number of fused-ring (bicyclic) bond motifs is 1. The van der Waals surface area contributed by atoms with Crippen LogP contribution in [0, 0.1) is 5.82 Å². The van der Waals surface area contributed by atoms with Gasteiger partial charge in [-0.25, -0.2) is 12.8 Å². The lowest BCUT2D eigenvalue weighted by Crippen LogP contribution is -2.52. The topological polar surface area (TPSA) is 107 Å². The molecule has 1 unspecified atom stereocenters. The SMILES string of the molecule is O=C1CCC(N2Cc3cc(N4CCN(S(=O)(=O)CCC(F)(F)F)CC4)c(F)cc3C2=O)C(=O)N1. The van der Waals surface area contributed by atoms with E-state index in [0.717, 1.165) is 10.4 Å². The minimum Gasteiger partial charge on any atom is -0.367 e. The van der Waals surface area contributed by atoms with Crippen LogP contribution in [0.25, 0.3) is 0 Å². The minimum absolute atomic E-state index is 0.0551. The van der Waals surface area contributed by atoms with Crippen molar-refractivity contribution in [3.63, 3.8) is 0 Å². The highest BCUT2D eigenvalue weighted by molar-refractivity contribution is 7.89. The molecule has 14 heteroatoms. The van der Waals surface area contributed by atoms with Gasteiger partial charge in [-0.1, -0.05) is 0 Å². The number of alkyl halides is 3. The molecule has 0 aliphatic carbocycles. The first kappa shape index (κ1) is 24.4. The Balaban J connectivity index is 1.45. The Morgan fingerprint density at radius 3 is 2.35 bits per heavy atom. The molecule has 3 aliphatic heterocycles. The number of anilines is 1. The molecule has 34 heavy (non-hydrogen) atoms. The van der Waals surface area contributed by atoms with Crippen molar-refractivity contribution in [2.24, 2.45) is 0 Å². The fraction of sp³-hybridized carbons (Fsp3) is 0.550. The number of sulfonamides is 1. The van der Waals surface area contributed by atoms with E-state index in [0.29, 0.717) is 5.56 Å². The molecule has 0 saturated carbocycles. The molecule has 0 radical (unpaired) electrons. The van der Waals surface area contributed by atoms with Crippen molar-refractivity contribution in [1.29, 1.82) is 0 Å². The third kappa shape index (κ3) is 4.87. The highest BCUT2D eigenvalue weighted by atomic mass is 32.2. The van der Waals surface area contributed by atoms with Gasteiger partial charge in [0.1, 0.15) is 11.9 Å². The molecule has 4 rings (SSSR count). The maximum absolute atomic E-state index is 14.9. The molecule has 1 N–H and O–H groups in total. The van der Waals surface area contributed by atoms with E-state index in [4.69, 9.17) is 0 Å². The van der Waals surface area contributed by atoms with Crippen LogP contribution in [0.5, 0.6) is 0 Å². The van der Waals surface area contributed by atoms with Gasteiger partial charge in [0, 0.05) is 44.7 Å². The monoisotopic (exact) mass is 506 g/mol. The van der Waals surface area contributed by atoms with E-state index < -0.39 is 58.0 Å². The molecule has 2 fully saturated rings. The van der Waals surface area contributed by atoms with E-state index >= 15 is 0 Å². The van der Waals surface area contributed by atoms with Gasteiger partial charge in [0.15, 0.2) is 0 Å². The number of imide groups is 1. The lowest BCUT2D eigenvalue weighted by molar-refractivity contribution is -0.137. The predicted molar refractivity (Wildman–Crippen MR) is 111 cm³/mol. The van der Waals surface area contributed by atoms with E-state index in [9.17, 15) is 40.4 Å². The molecular weight excluding hydrogens is 484 g/mol. The average molecular weight is 506 g/mol. The number of carbonyl (C=O) groups is 3. The van der Waals surface area contributed by atoms with E-state index in [1.165, 1.54) is 11.0 Å². The van der Waals surface area contributed by atoms with E-state index in [2.05, 4.69) is 5.32 Å². The van der Waals surface area contributed by atoms with Crippen molar-refractivity contribution in [3.05, 3.63) is 29.1 Å². The zero-order valence-corrected chi connectivity index (χ0v) is 18.7. The number of nitrogens with one attached hydrogen (secondary N) is 1. The lowest BCUT2D eigenvalue weighted by atomic mass is 10.0. The Hall–Kier alpha value is -2.74. The normalized spacial score (nSPS) is 22.2. The average Bonchev–Trinajstić information content (AvgIpc) is 3.07. The molecule has 0 aromatic heterocycles. The Labute approximate surface area is 192 Å². The maximum Gasteiger partial charge on any atom is 0.390 e. The molecule has 0 bridgehead atoms. The second-order valence-corrected chi connectivity index (χ2v) is 10.5. The van der Waals surface area contributed by atoms with Gasteiger partial charge in [0.2, 0.25) is 21.8 Å². The van der Waals surface area contributed by atoms with E-state index in [1.54, 1.807) is 4.90 Å². The first-order valence-electron chi connectivity index (χ1n) is 10.6. The number of nitrogens with zero attached hydrogens (tertiary/aromatic N) is 3. The lowest BCUT2D eigenvalue weighted by Gasteiger charge is -2.35. The van der Waals surface area contributed by atoms with Crippen LogP contribution in [0.3, 0.4) is 0 Å².